The van der Waals surface area contributed by atoms with E-state index < -0.39 is 0 Å². The Labute approximate surface area is 257 Å². The summed E-state index contributed by atoms with van der Waals surface area (Å²) in [5.74, 6) is 0.885. The summed E-state index contributed by atoms with van der Waals surface area (Å²) in [5.41, 5.74) is 8.84. The smallest absolute Gasteiger partial charge is 0.271 e. The van der Waals surface area contributed by atoms with Crippen LogP contribution in [0.3, 0.4) is 0 Å². The highest BCUT2D eigenvalue weighted by molar-refractivity contribution is 9.10. The van der Waals surface area contributed by atoms with E-state index in [0.717, 1.165) is 37.7 Å². The Kier molecular flexibility index (Phi) is 9.63. The number of aryl methyl sites for hydroxylation is 1. The van der Waals surface area contributed by atoms with Crippen LogP contribution in [-0.4, -0.2) is 23.7 Å². The monoisotopic (exact) mass is 640 g/mol. The summed E-state index contributed by atoms with van der Waals surface area (Å²) in [4.78, 5) is 17.4. The second-order valence-corrected chi connectivity index (χ2v) is 11.1. The molecule has 1 aromatic heterocycles. The van der Waals surface area contributed by atoms with E-state index in [0.29, 0.717) is 30.3 Å². The average molecular weight is 642 g/mol. The highest BCUT2D eigenvalue weighted by Gasteiger charge is 2.13. The lowest BCUT2D eigenvalue weighted by Gasteiger charge is -2.14. The minimum absolute atomic E-state index is 0.315. The van der Waals surface area contributed by atoms with Gasteiger partial charge in [-0.15, -0.1) is 11.3 Å². The number of amides is 1. The molecule has 0 unspecified atom stereocenters. The van der Waals surface area contributed by atoms with Gasteiger partial charge in [-0.3, -0.25) is 4.79 Å². The van der Waals surface area contributed by atoms with Crippen LogP contribution in [0.25, 0.3) is 11.3 Å². The summed E-state index contributed by atoms with van der Waals surface area (Å²) in [6, 6.07) is 29.1. The van der Waals surface area contributed by atoms with E-state index in [1.165, 1.54) is 16.9 Å². The van der Waals surface area contributed by atoms with E-state index in [9.17, 15) is 4.79 Å². The van der Waals surface area contributed by atoms with Gasteiger partial charge >= 0.3 is 0 Å². The van der Waals surface area contributed by atoms with Crippen molar-refractivity contribution < 1.29 is 14.3 Å². The van der Waals surface area contributed by atoms with Crippen LogP contribution in [0.2, 0.25) is 0 Å². The lowest BCUT2D eigenvalue weighted by atomic mass is 10.1. The third-order valence-electron chi connectivity index (χ3n) is 6.19. The van der Waals surface area contributed by atoms with Crippen LogP contribution in [0.15, 0.2) is 106 Å². The van der Waals surface area contributed by atoms with E-state index >= 15 is 0 Å². The lowest BCUT2D eigenvalue weighted by molar-refractivity contribution is 0.0955. The number of halogens is 1. The van der Waals surface area contributed by atoms with Gasteiger partial charge in [0.1, 0.15) is 6.61 Å². The van der Waals surface area contributed by atoms with Crippen LogP contribution in [0, 0.1) is 6.92 Å². The largest absolute Gasteiger partial charge is 0.490 e. The number of hydrogen-bond acceptors (Lipinski definition) is 7. The Bertz CT molecular complexity index is 1670. The number of hydrogen-bond donors (Lipinski definition) is 2. The van der Waals surface area contributed by atoms with Crippen LogP contribution in [0.1, 0.15) is 34.0 Å². The average Bonchev–Trinajstić information content (AvgIpc) is 3.47. The molecule has 0 saturated carbocycles. The maximum absolute atomic E-state index is 12.7. The number of hydrazone groups is 1. The number of rotatable bonds is 11. The molecule has 9 heteroatoms. The van der Waals surface area contributed by atoms with Crippen LogP contribution in [-0.2, 0) is 6.61 Å². The minimum Gasteiger partial charge on any atom is -0.490 e. The fourth-order valence-electron chi connectivity index (χ4n) is 4.04. The van der Waals surface area contributed by atoms with Gasteiger partial charge in [-0.05, 0) is 77.3 Å². The number of benzene rings is 4. The van der Waals surface area contributed by atoms with Gasteiger partial charge in [0.25, 0.3) is 5.91 Å². The molecule has 0 fully saturated rings. The molecular formula is C33H29BrN4O3S. The molecule has 2 N–H and O–H groups in total. The maximum Gasteiger partial charge on any atom is 0.271 e. The number of nitrogens with one attached hydrogen (secondary N) is 2. The van der Waals surface area contributed by atoms with Crippen molar-refractivity contribution in [1.82, 2.24) is 10.4 Å². The van der Waals surface area contributed by atoms with Gasteiger partial charge < -0.3 is 14.8 Å². The van der Waals surface area contributed by atoms with E-state index in [-0.39, 0.29) is 5.91 Å². The summed E-state index contributed by atoms with van der Waals surface area (Å²) >= 11 is 5.11. The van der Waals surface area contributed by atoms with Crippen LogP contribution < -0.4 is 20.2 Å². The van der Waals surface area contributed by atoms with Crippen molar-refractivity contribution in [2.45, 2.75) is 20.5 Å². The zero-order chi connectivity index (χ0) is 29.3. The highest BCUT2D eigenvalue weighted by atomic mass is 79.9. The van der Waals surface area contributed by atoms with Crippen molar-refractivity contribution in [3.8, 4) is 22.8 Å². The number of thiazole rings is 1. The molecular weight excluding hydrogens is 612 g/mol. The summed E-state index contributed by atoms with van der Waals surface area (Å²) in [6.45, 7) is 4.86. The number of carbonyl (C=O) groups is 1. The van der Waals surface area contributed by atoms with Crippen LogP contribution >= 0.6 is 27.3 Å². The molecule has 0 aliphatic carbocycles. The summed E-state index contributed by atoms with van der Waals surface area (Å²) in [5, 5.41) is 10.3. The number of anilines is 2. The quantitative estimate of drug-likeness (QED) is 0.112. The Hall–Kier alpha value is -4.47. The predicted octanol–water partition coefficient (Wildman–Crippen LogP) is 8.37. The van der Waals surface area contributed by atoms with Gasteiger partial charge in [-0.25, -0.2) is 10.4 Å². The van der Waals surface area contributed by atoms with Crippen LogP contribution in [0.5, 0.6) is 11.5 Å². The number of aromatic nitrogens is 1. The standard InChI is InChI=1S/C33H29BrN4O3S/c1-3-40-30-18-24(17-28(34)31(30)41-20-23-7-5-4-6-8-23)19-35-38-32(39)26-13-11-25(12-14-26)29-21-42-33(37-29)36-27-15-9-22(2)10-16-27/h4-19,21H,3,20H2,1-2H3,(H,36,37)(H,38,39)/b35-19-. The third-order valence-corrected chi connectivity index (χ3v) is 7.53. The molecule has 0 atom stereocenters. The summed E-state index contributed by atoms with van der Waals surface area (Å²) in [7, 11) is 0. The van der Waals surface area contributed by atoms with Gasteiger partial charge in [0, 0.05) is 22.2 Å². The molecule has 0 radical (unpaired) electrons. The second kappa shape index (κ2) is 13.9. The Morgan fingerprint density at radius 3 is 2.50 bits per heavy atom. The first-order valence-electron chi connectivity index (χ1n) is 13.3. The van der Waals surface area contributed by atoms with Crippen molar-refractivity contribution >= 4 is 50.2 Å². The predicted molar refractivity (Wildman–Crippen MR) is 173 cm³/mol. The van der Waals surface area contributed by atoms with Crippen molar-refractivity contribution in [3.05, 3.63) is 123 Å². The molecule has 1 heterocycles. The Morgan fingerprint density at radius 1 is 1.00 bits per heavy atom. The molecule has 0 bridgehead atoms. The molecule has 42 heavy (non-hydrogen) atoms. The SMILES string of the molecule is CCOc1cc(/C=N\NC(=O)c2ccc(-c3csc(Nc4ccc(C)cc4)n3)cc2)cc(Br)c1OCc1ccccc1. The first-order chi connectivity index (χ1) is 20.5. The van der Waals surface area contributed by atoms with E-state index in [4.69, 9.17) is 9.47 Å². The van der Waals surface area contributed by atoms with E-state index in [1.807, 2.05) is 79.0 Å². The van der Waals surface area contributed by atoms with E-state index in [1.54, 1.807) is 18.3 Å². The molecule has 212 valence electrons. The minimum atomic E-state index is -0.315. The lowest BCUT2D eigenvalue weighted by Crippen LogP contribution is -2.17. The first-order valence-corrected chi connectivity index (χ1v) is 15.0. The van der Waals surface area contributed by atoms with Crippen molar-refractivity contribution in [2.75, 3.05) is 11.9 Å². The van der Waals surface area contributed by atoms with Crippen LogP contribution in [0.4, 0.5) is 10.8 Å². The Morgan fingerprint density at radius 2 is 1.76 bits per heavy atom. The molecule has 5 rings (SSSR count). The van der Waals surface area contributed by atoms with Gasteiger partial charge in [0.2, 0.25) is 0 Å². The zero-order valence-corrected chi connectivity index (χ0v) is 25.5. The molecule has 5 aromatic rings. The molecule has 0 aliphatic rings. The first kappa shape index (κ1) is 29.0. The number of carbonyl (C=O) groups excluding carboxylic acids is 1. The maximum atomic E-state index is 12.7. The number of nitrogens with zero attached hydrogens (tertiary/aromatic N) is 2. The molecule has 1 amide bonds. The van der Waals surface area contributed by atoms with Gasteiger partial charge in [0.15, 0.2) is 16.6 Å². The highest BCUT2D eigenvalue weighted by Crippen LogP contribution is 2.37. The summed E-state index contributed by atoms with van der Waals surface area (Å²) < 4.78 is 12.6. The normalized spacial score (nSPS) is 10.9. The Balaban J connectivity index is 1.19. The van der Waals surface area contributed by atoms with Crippen molar-refractivity contribution in [1.29, 1.82) is 0 Å². The van der Waals surface area contributed by atoms with Crippen molar-refractivity contribution in [2.24, 2.45) is 5.10 Å². The molecule has 7 nitrogen and oxygen atoms in total. The molecule has 0 saturated heterocycles. The van der Waals surface area contributed by atoms with Gasteiger partial charge in [0.05, 0.1) is 23.0 Å². The molecule has 0 spiro atoms. The van der Waals surface area contributed by atoms with E-state index in [2.05, 4.69) is 55.8 Å². The van der Waals surface area contributed by atoms with Crippen molar-refractivity contribution in [3.63, 3.8) is 0 Å². The molecule has 4 aromatic carbocycles. The summed E-state index contributed by atoms with van der Waals surface area (Å²) in [6.07, 6.45) is 1.57. The number of ether oxygens (including phenoxy) is 2. The fraction of sp³-hybridized carbons (Fsp3) is 0.121. The third kappa shape index (κ3) is 7.63. The topological polar surface area (TPSA) is 84.8 Å². The zero-order valence-electron chi connectivity index (χ0n) is 23.1. The van der Waals surface area contributed by atoms with Gasteiger partial charge in [-0.1, -0.05) is 60.2 Å². The second-order valence-electron chi connectivity index (χ2n) is 9.34. The fourth-order valence-corrected chi connectivity index (χ4v) is 5.36. The molecule has 0 aliphatic heterocycles. The van der Waals surface area contributed by atoms with Gasteiger partial charge in [-0.2, -0.15) is 5.10 Å².